The minimum Gasteiger partial charge on any atom is -0.377 e. The first-order valence-corrected chi connectivity index (χ1v) is 11.0. The van der Waals surface area contributed by atoms with Gasteiger partial charge in [-0.2, -0.15) is 0 Å². The minimum absolute atomic E-state index is 0.568. The first-order chi connectivity index (χ1) is 14.8. The second kappa shape index (κ2) is 13.0. The topological polar surface area (TPSA) is 46.1 Å². The fourth-order valence-corrected chi connectivity index (χ4v) is 3.70. The van der Waals surface area contributed by atoms with Gasteiger partial charge in [-0.3, -0.25) is 4.99 Å². The average molecular weight is 410 g/mol. The number of hydrogen-bond acceptors (Lipinski definition) is 3. The Bertz CT molecular complexity index is 737. The van der Waals surface area contributed by atoms with E-state index in [1.165, 1.54) is 11.1 Å². The molecule has 0 bridgehead atoms. The normalized spacial score (nSPS) is 16.8. The molecule has 0 radical (unpaired) electrons. The summed E-state index contributed by atoms with van der Waals surface area (Å²) in [4.78, 5) is 6.82. The largest absolute Gasteiger partial charge is 0.377 e. The van der Waals surface area contributed by atoms with E-state index in [-0.39, 0.29) is 0 Å². The lowest BCUT2D eigenvalue weighted by Gasteiger charge is -2.21. The molecule has 0 amide bonds. The minimum atomic E-state index is 0.568. The summed E-state index contributed by atoms with van der Waals surface area (Å²) in [5.74, 6) is 1.57. The number of hydrogen-bond donors (Lipinski definition) is 1. The van der Waals surface area contributed by atoms with E-state index >= 15 is 0 Å². The van der Waals surface area contributed by atoms with Crippen molar-refractivity contribution in [3.63, 3.8) is 0 Å². The highest BCUT2D eigenvalue weighted by Crippen LogP contribution is 2.17. The van der Waals surface area contributed by atoms with E-state index in [9.17, 15) is 0 Å². The first-order valence-electron chi connectivity index (χ1n) is 11.0. The molecule has 1 unspecified atom stereocenters. The van der Waals surface area contributed by atoms with Crippen molar-refractivity contribution >= 4 is 5.96 Å². The summed E-state index contributed by atoms with van der Waals surface area (Å²) in [6, 6.07) is 20.7. The second-order valence-corrected chi connectivity index (χ2v) is 7.82. The molecular weight excluding hydrogens is 374 g/mol. The molecule has 162 valence electrons. The number of likely N-dealkylation sites (tertiary alicyclic amines) is 1. The number of unbranched alkanes of at least 4 members (excludes halogenated alkanes) is 1. The Morgan fingerprint density at radius 1 is 0.967 bits per heavy atom. The SMILES string of the molecule is CN=C(NCCCCOCc1ccccc1)N1CCC(COCc2ccccc2)C1. The highest BCUT2D eigenvalue weighted by molar-refractivity contribution is 5.80. The number of rotatable bonds is 11. The van der Waals surface area contributed by atoms with Gasteiger partial charge in [0.05, 0.1) is 19.8 Å². The smallest absolute Gasteiger partial charge is 0.193 e. The number of nitrogens with zero attached hydrogens (tertiary/aromatic N) is 2. The van der Waals surface area contributed by atoms with Gasteiger partial charge in [-0.05, 0) is 30.4 Å². The van der Waals surface area contributed by atoms with E-state index in [0.717, 1.165) is 58.1 Å². The molecular formula is C25H35N3O2. The molecule has 0 saturated carbocycles. The predicted molar refractivity (Wildman–Crippen MR) is 122 cm³/mol. The molecule has 0 aromatic heterocycles. The third-order valence-corrected chi connectivity index (χ3v) is 5.37. The quantitative estimate of drug-likeness (QED) is 0.345. The molecule has 0 spiro atoms. The van der Waals surface area contributed by atoms with Gasteiger partial charge >= 0.3 is 0 Å². The highest BCUT2D eigenvalue weighted by Gasteiger charge is 2.24. The van der Waals surface area contributed by atoms with E-state index in [1.54, 1.807) is 0 Å². The molecule has 1 aliphatic heterocycles. The molecule has 5 heteroatoms. The molecule has 5 nitrogen and oxygen atoms in total. The van der Waals surface area contributed by atoms with Crippen molar-refractivity contribution in [2.45, 2.75) is 32.5 Å². The molecule has 1 heterocycles. The molecule has 2 aromatic carbocycles. The molecule has 1 aliphatic rings. The molecule has 1 saturated heterocycles. The van der Waals surface area contributed by atoms with Gasteiger partial charge in [-0.25, -0.2) is 0 Å². The highest BCUT2D eigenvalue weighted by atomic mass is 16.5. The maximum Gasteiger partial charge on any atom is 0.193 e. The summed E-state index contributed by atoms with van der Waals surface area (Å²) in [6.07, 6.45) is 3.28. The van der Waals surface area contributed by atoms with Crippen LogP contribution in [0.4, 0.5) is 0 Å². The number of ether oxygens (including phenoxy) is 2. The number of nitrogens with one attached hydrogen (secondary N) is 1. The fourth-order valence-electron chi connectivity index (χ4n) is 3.70. The van der Waals surface area contributed by atoms with Crippen molar-refractivity contribution in [2.75, 3.05) is 39.9 Å². The van der Waals surface area contributed by atoms with Crippen molar-refractivity contribution in [1.29, 1.82) is 0 Å². The van der Waals surface area contributed by atoms with Crippen LogP contribution in [0.2, 0.25) is 0 Å². The maximum absolute atomic E-state index is 5.93. The zero-order valence-corrected chi connectivity index (χ0v) is 18.1. The Morgan fingerprint density at radius 2 is 1.63 bits per heavy atom. The van der Waals surface area contributed by atoms with Crippen LogP contribution in [0, 0.1) is 5.92 Å². The standard InChI is InChI=1S/C25H35N3O2/c1-26-25(27-15-8-9-17-29-19-22-10-4-2-5-11-22)28-16-14-24(18-28)21-30-20-23-12-6-3-7-13-23/h2-7,10-13,24H,8-9,14-21H2,1H3,(H,26,27). The summed E-state index contributed by atoms with van der Waals surface area (Å²) in [7, 11) is 1.87. The molecule has 1 fully saturated rings. The average Bonchev–Trinajstić information content (AvgIpc) is 3.26. The monoisotopic (exact) mass is 409 g/mol. The van der Waals surface area contributed by atoms with Crippen LogP contribution in [0.25, 0.3) is 0 Å². The van der Waals surface area contributed by atoms with E-state index in [2.05, 4.69) is 51.6 Å². The van der Waals surface area contributed by atoms with Crippen LogP contribution in [-0.2, 0) is 22.7 Å². The van der Waals surface area contributed by atoms with Gasteiger partial charge in [0.15, 0.2) is 5.96 Å². The Labute approximate surface area is 181 Å². The molecule has 1 N–H and O–H groups in total. The molecule has 30 heavy (non-hydrogen) atoms. The molecule has 2 aromatic rings. The third-order valence-electron chi connectivity index (χ3n) is 5.37. The molecule has 1 atom stereocenters. The Morgan fingerprint density at radius 3 is 2.30 bits per heavy atom. The van der Waals surface area contributed by atoms with Crippen molar-refractivity contribution in [3.05, 3.63) is 71.8 Å². The van der Waals surface area contributed by atoms with Gasteiger partial charge in [0.1, 0.15) is 0 Å². The summed E-state index contributed by atoms with van der Waals surface area (Å²) >= 11 is 0. The summed E-state index contributed by atoms with van der Waals surface area (Å²) < 4.78 is 11.7. The van der Waals surface area contributed by atoms with Gasteiger partial charge in [0.2, 0.25) is 0 Å². The zero-order chi connectivity index (χ0) is 20.9. The fraction of sp³-hybridized carbons (Fsp3) is 0.480. The van der Waals surface area contributed by atoms with Crippen molar-refractivity contribution in [2.24, 2.45) is 10.9 Å². The van der Waals surface area contributed by atoms with Crippen LogP contribution in [0.5, 0.6) is 0 Å². The van der Waals surface area contributed by atoms with E-state index in [4.69, 9.17) is 9.47 Å². The Balaban J connectivity index is 1.24. The number of guanidine groups is 1. The lowest BCUT2D eigenvalue weighted by atomic mass is 10.1. The maximum atomic E-state index is 5.93. The van der Waals surface area contributed by atoms with Crippen molar-refractivity contribution in [1.82, 2.24) is 10.2 Å². The van der Waals surface area contributed by atoms with Gasteiger partial charge in [0, 0.05) is 39.2 Å². The number of aliphatic imine (C=N–C) groups is 1. The van der Waals surface area contributed by atoms with Crippen LogP contribution in [0.15, 0.2) is 65.7 Å². The number of benzene rings is 2. The van der Waals surface area contributed by atoms with Gasteiger partial charge in [-0.15, -0.1) is 0 Å². The van der Waals surface area contributed by atoms with Crippen LogP contribution >= 0.6 is 0 Å². The van der Waals surface area contributed by atoms with Gasteiger partial charge < -0.3 is 19.7 Å². The van der Waals surface area contributed by atoms with Crippen LogP contribution in [0.3, 0.4) is 0 Å². The van der Waals surface area contributed by atoms with Gasteiger partial charge in [-0.1, -0.05) is 60.7 Å². The van der Waals surface area contributed by atoms with E-state index < -0.39 is 0 Å². The van der Waals surface area contributed by atoms with Gasteiger partial charge in [0.25, 0.3) is 0 Å². The second-order valence-electron chi connectivity index (χ2n) is 7.82. The zero-order valence-electron chi connectivity index (χ0n) is 18.1. The Hall–Kier alpha value is -2.37. The lowest BCUT2D eigenvalue weighted by molar-refractivity contribution is 0.0906. The summed E-state index contributed by atoms with van der Waals surface area (Å²) in [6.45, 7) is 5.95. The van der Waals surface area contributed by atoms with E-state index in [1.807, 2.05) is 31.3 Å². The lowest BCUT2D eigenvalue weighted by Crippen LogP contribution is -2.40. The first kappa shape index (κ1) is 22.3. The van der Waals surface area contributed by atoms with Crippen LogP contribution in [0.1, 0.15) is 30.4 Å². The third kappa shape index (κ3) is 7.81. The molecule has 3 rings (SSSR count). The summed E-state index contributed by atoms with van der Waals surface area (Å²) in [5, 5.41) is 3.50. The van der Waals surface area contributed by atoms with Crippen molar-refractivity contribution < 1.29 is 9.47 Å². The van der Waals surface area contributed by atoms with E-state index in [0.29, 0.717) is 19.1 Å². The predicted octanol–water partition coefficient (Wildman–Crippen LogP) is 4.10. The molecule has 0 aliphatic carbocycles. The van der Waals surface area contributed by atoms with Crippen molar-refractivity contribution in [3.8, 4) is 0 Å². The van der Waals surface area contributed by atoms with Crippen LogP contribution in [-0.4, -0.2) is 50.8 Å². The van der Waals surface area contributed by atoms with Crippen LogP contribution < -0.4 is 5.32 Å². The Kier molecular flexibility index (Phi) is 9.70. The summed E-state index contributed by atoms with van der Waals surface area (Å²) in [5.41, 5.74) is 2.46.